The molecule has 0 radical (unpaired) electrons. The molecular weight excluding hydrogens is 276 g/mol. The number of nitriles is 1. The van der Waals surface area contributed by atoms with Gasteiger partial charge in [-0.25, -0.2) is 0 Å². The fourth-order valence-electron chi connectivity index (χ4n) is 2.08. The predicted octanol–water partition coefficient (Wildman–Crippen LogP) is 3.45. The van der Waals surface area contributed by atoms with Crippen LogP contribution in [-0.2, 0) is 0 Å². The van der Waals surface area contributed by atoms with Gasteiger partial charge < -0.3 is 10.1 Å². The van der Waals surface area contributed by atoms with E-state index in [9.17, 15) is 4.79 Å². The number of nitrogens with zero attached hydrogens (tertiary/aromatic N) is 1. The lowest BCUT2D eigenvalue weighted by atomic mass is 10.1. The summed E-state index contributed by atoms with van der Waals surface area (Å²) in [6.45, 7) is 4.50. The second kappa shape index (κ2) is 7.28. The van der Waals surface area contributed by atoms with Crippen molar-refractivity contribution in [2.45, 2.75) is 19.9 Å². The number of carbonyl (C=O) groups is 1. The van der Waals surface area contributed by atoms with E-state index >= 15 is 0 Å². The van der Waals surface area contributed by atoms with Gasteiger partial charge in [0.15, 0.2) is 0 Å². The van der Waals surface area contributed by atoms with Crippen molar-refractivity contribution in [3.05, 3.63) is 65.2 Å². The van der Waals surface area contributed by atoms with E-state index in [-0.39, 0.29) is 11.9 Å². The fraction of sp³-hybridized carbons (Fsp3) is 0.222. The van der Waals surface area contributed by atoms with Crippen molar-refractivity contribution in [2.24, 2.45) is 0 Å². The Morgan fingerprint density at radius 2 is 1.82 bits per heavy atom. The van der Waals surface area contributed by atoms with Crippen LogP contribution >= 0.6 is 0 Å². The quantitative estimate of drug-likeness (QED) is 0.918. The molecule has 1 unspecified atom stereocenters. The third kappa shape index (κ3) is 3.86. The van der Waals surface area contributed by atoms with Gasteiger partial charge in [0.25, 0.3) is 5.91 Å². The number of amides is 1. The Labute approximate surface area is 130 Å². The lowest BCUT2D eigenvalue weighted by Gasteiger charge is -2.15. The first-order valence-electron chi connectivity index (χ1n) is 7.18. The van der Waals surface area contributed by atoms with Crippen LogP contribution in [0.5, 0.6) is 5.75 Å². The first kappa shape index (κ1) is 15.6. The second-order valence-electron chi connectivity index (χ2n) is 4.89. The van der Waals surface area contributed by atoms with E-state index in [1.165, 1.54) is 0 Å². The Morgan fingerprint density at radius 1 is 1.18 bits per heavy atom. The maximum atomic E-state index is 12.2. The van der Waals surface area contributed by atoms with E-state index in [0.29, 0.717) is 17.7 Å². The van der Waals surface area contributed by atoms with Gasteiger partial charge in [-0.2, -0.15) is 5.26 Å². The molecule has 0 spiro atoms. The molecule has 1 atom stereocenters. The van der Waals surface area contributed by atoms with Crippen molar-refractivity contribution >= 4 is 5.91 Å². The van der Waals surface area contributed by atoms with Gasteiger partial charge in [0.2, 0.25) is 0 Å². The largest absolute Gasteiger partial charge is 0.494 e. The van der Waals surface area contributed by atoms with Crippen molar-refractivity contribution in [3.63, 3.8) is 0 Å². The van der Waals surface area contributed by atoms with Crippen molar-refractivity contribution in [3.8, 4) is 11.8 Å². The molecule has 0 bridgehead atoms. The molecule has 4 nitrogen and oxygen atoms in total. The molecule has 2 aromatic rings. The summed E-state index contributed by atoms with van der Waals surface area (Å²) >= 11 is 0. The normalized spacial score (nSPS) is 11.3. The average Bonchev–Trinajstić information content (AvgIpc) is 2.55. The summed E-state index contributed by atoms with van der Waals surface area (Å²) in [5.41, 5.74) is 2.08. The minimum Gasteiger partial charge on any atom is -0.494 e. The van der Waals surface area contributed by atoms with Gasteiger partial charge in [-0.05, 0) is 55.8 Å². The molecule has 112 valence electrons. The van der Waals surface area contributed by atoms with Crippen LogP contribution in [0.4, 0.5) is 0 Å². The zero-order valence-corrected chi connectivity index (χ0v) is 12.7. The third-order valence-corrected chi connectivity index (χ3v) is 3.31. The summed E-state index contributed by atoms with van der Waals surface area (Å²) in [6, 6.07) is 16.2. The van der Waals surface area contributed by atoms with Crippen molar-refractivity contribution in [1.82, 2.24) is 5.32 Å². The Morgan fingerprint density at radius 3 is 2.36 bits per heavy atom. The van der Waals surface area contributed by atoms with Crippen molar-refractivity contribution < 1.29 is 9.53 Å². The van der Waals surface area contributed by atoms with Crippen molar-refractivity contribution in [2.75, 3.05) is 6.61 Å². The minimum atomic E-state index is -0.161. The first-order chi connectivity index (χ1) is 10.6. The Balaban J connectivity index is 2.02. The van der Waals surface area contributed by atoms with Crippen LogP contribution in [0, 0.1) is 11.3 Å². The van der Waals surface area contributed by atoms with Gasteiger partial charge in [-0.15, -0.1) is 0 Å². The summed E-state index contributed by atoms with van der Waals surface area (Å²) in [4.78, 5) is 12.2. The molecule has 0 fully saturated rings. The molecule has 0 heterocycles. The van der Waals surface area contributed by atoms with E-state index in [1.54, 1.807) is 24.3 Å². The van der Waals surface area contributed by atoms with Gasteiger partial charge >= 0.3 is 0 Å². The summed E-state index contributed by atoms with van der Waals surface area (Å²) in [7, 11) is 0. The molecule has 0 saturated carbocycles. The summed E-state index contributed by atoms with van der Waals surface area (Å²) in [5.74, 6) is 0.655. The molecule has 22 heavy (non-hydrogen) atoms. The fourth-order valence-corrected chi connectivity index (χ4v) is 2.08. The molecular formula is C18H18N2O2. The number of hydrogen-bond acceptors (Lipinski definition) is 3. The highest BCUT2D eigenvalue weighted by atomic mass is 16.5. The SMILES string of the molecule is CCOc1ccc(C(C)NC(=O)c2ccc(C#N)cc2)cc1. The third-order valence-electron chi connectivity index (χ3n) is 3.31. The zero-order chi connectivity index (χ0) is 15.9. The Kier molecular flexibility index (Phi) is 5.16. The summed E-state index contributed by atoms with van der Waals surface area (Å²) in [6.07, 6.45) is 0. The van der Waals surface area contributed by atoms with E-state index in [0.717, 1.165) is 11.3 Å². The van der Waals surface area contributed by atoms with Crippen LogP contribution in [0.3, 0.4) is 0 Å². The molecule has 0 aliphatic rings. The molecule has 0 aliphatic heterocycles. The topological polar surface area (TPSA) is 62.1 Å². The van der Waals surface area contributed by atoms with Crippen LogP contribution in [0.25, 0.3) is 0 Å². The lowest BCUT2D eigenvalue weighted by molar-refractivity contribution is 0.0940. The number of benzene rings is 2. The standard InChI is InChI=1S/C18H18N2O2/c1-3-22-17-10-8-15(9-11-17)13(2)20-18(21)16-6-4-14(12-19)5-7-16/h4-11,13H,3H2,1-2H3,(H,20,21). The number of hydrogen-bond donors (Lipinski definition) is 1. The van der Waals surface area contributed by atoms with Crippen LogP contribution in [0.2, 0.25) is 0 Å². The summed E-state index contributed by atoms with van der Waals surface area (Å²) in [5, 5.41) is 11.7. The monoisotopic (exact) mass is 294 g/mol. The van der Waals surface area contributed by atoms with E-state index in [4.69, 9.17) is 10.00 Å². The van der Waals surface area contributed by atoms with Crippen LogP contribution < -0.4 is 10.1 Å². The molecule has 2 aromatic carbocycles. The van der Waals surface area contributed by atoms with Gasteiger partial charge in [0.05, 0.1) is 24.3 Å². The second-order valence-corrected chi connectivity index (χ2v) is 4.89. The Hall–Kier alpha value is -2.80. The maximum Gasteiger partial charge on any atom is 0.251 e. The lowest BCUT2D eigenvalue weighted by Crippen LogP contribution is -2.26. The molecule has 0 aliphatic carbocycles. The van der Waals surface area contributed by atoms with Gasteiger partial charge in [-0.3, -0.25) is 4.79 Å². The molecule has 0 saturated heterocycles. The van der Waals surface area contributed by atoms with E-state index in [2.05, 4.69) is 5.32 Å². The van der Waals surface area contributed by atoms with Crippen LogP contribution in [0.15, 0.2) is 48.5 Å². The van der Waals surface area contributed by atoms with Crippen LogP contribution in [-0.4, -0.2) is 12.5 Å². The average molecular weight is 294 g/mol. The van der Waals surface area contributed by atoms with Crippen molar-refractivity contribution in [1.29, 1.82) is 5.26 Å². The first-order valence-corrected chi connectivity index (χ1v) is 7.18. The molecule has 0 aromatic heterocycles. The van der Waals surface area contributed by atoms with Crippen LogP contribution in [0.1, 0.15) is 41.4 Å². The molecule has 2 rings (SSSR count). The molecule has 4 heteroatoms. The van der Waals surface area contributed by atoms with Gasteiger partial charge in [-0.1, -0.05) is 12.1 Å². The number of carbonyl (C=O) groups excluding carboxylic acids is 1. The van der Waals surface area contributed by atoms with E-state index in [1.807, 2.05) is 44.2 Å². The number of ether oxygens (including phenoxy) is 1. The zero-order valence-electron chi connectivity index (χ0n) is 12.7. The highest BCUT2D eigenvalue weighted by molar-refractivity contribution is 5.94. The number of nitrogens with one attached hydrogen (secondary N) is 1. The highest BCUT2D eigenvalue weighted by Gasteiger charge is 2.11. The maximum absolute atomic E-state index is 12.2. The minimum absolute atomic E-state index is 0.112. The van der Waals surface area contributed by atoms with E-state index < -0.39 is 0 Å². The molecule has 1 N–H and O–H groups in total. The molecule has 1 amide bonds. The van der Waals surface area contributed by atoms with Gasteiger partial charge in [0.1, 0.15) is 5.75 Å². The highest BCUT2D eigenvalue weighted by Crippen LogP contribution is 2.18. The Bertz CT molecular complexity index is 670. The smallest absolute Gasteiger partial charge is 0.251 e. The number of rotatable bonds is 5. The van der Waals surface area contributed by atoms with Gasteiger partial charge in [0, 0.05) is 5.56 Å². The summed E-state index contributed by atoms with van der Waals surface area (Å²) < 4.78 is 5.40. The predicted molar refractivity (Wildman–Crippen MR) is 84.6 cm³/mol.